The van der Waals surface area contributed by atoms with Crippen molar-refractivity contribution in [3.05, 3.63) is 30.5 Å². The van der Waals surface area contributed by atoms with Gasteiger partial charge in [-0.1, -0.05) is 12.1 Å². The molecule has 2 aromatic rings. The third kappa shape index (κ3) is 1.81. The lowest BCUT2D eigenvalue weighted by molar-refractivity contribution is 0.869. The quantitative estimate of drug-likeness (QED) is 0.855. The van der Waals surface area contributed by atoms with Crippen molar-refractivity contribution in [2.75, 3.05) is 23.7 Å². The molecule has 3 nitrogen and oxygen atoms in total. The first kappa shape index (κ1) is 10.7. The number of fused-ring (bicyclic) bond motifs is 1. The Balaban J connectivity index is 2.61. The molecule has 0 radical (unpaired) electrons. The summed E-state index contributed by atoms with van der Waals surface area (Å²) in [6.45, 7) is 6.28. The summed E-state index contributed by atoms with van der Waals surface area (Å²) in [5.41, 5.74) is 8.66. The smallest absolute Gasteiger partial charge is 0.0936 e. The van der Waals surface area contributed by atoms with Gasteiger partial charge in [-0.2, -0.15) is 0 Å². The van der Waals surface area contributed by atoms with Gasteiger partial charge in [-0.05, 0) is 26.0 Å². The summed E-state index contributed by atoms with van der Waals surface area (Å²) < 4.78 is 0. The fraction of sp³-hybridized carbons (Fsp3) is 0.308. The van der Waals surface area contributed by atoms with E-state index in [1.807, 2.05) is 12.1 Å². The Morgan fingerprint density at radius 1 is 1.25 bits per heavy atom. The number of benzene rings is 1. The van der Waals surface area contributed by atoms with Crippen molar-refractivity contribution in [3.8, 4) is 0 Å². The largest absolute Gasteiger partial charge is 0.397 e. The van der Waals surface area contributed by atoms with Crippen LogP contribution in [0.3, 0.4) is 0 Å². The van der Waals surface area contributed by atoms with E-state index in [1.165, 1.54) is 5.69 Å². The minimum Gasteiger partial charge on any atom is -0.397 e. The highest BCUT2D eigenvalue weighted by Crippen LogP contribution is 2.25. The van der Waals surface area contributed by atoms with E-state index < -0.39 is 0 Å². The van der Waals surface area contributed by atoms with Crippen LogP contribution in [0.25, 0.3) is 10.9 Å². The third-order valence-electron chi connectivity index (χ3n) is 2.81. The van der Waals surface area contributed by atoms with Gasteiger partial charge in [0.05, 0.1) is 23.1 Å². The first-order valence-corrected chi connectivity index (χ1v) is 5.65. The average molecular weight is 215 g/mol. The second-order valence-electron chi connectivity index (χ2n) is 3.79. The van der Waals surface area contributed by atoms with Crippen LogP contribution in [0, 0.1) is 0 Å². The second kappa shape index (κ2) is 4.39. The third-order valence-corrected chi connectivity index (χ3v) is 2.81. The second-order valence-corrected chi connectivity index (χ2v) is 3.79. The molecule has 0 amide bonds. The molecule has 0 fully saturated rings. The lowest BCUT2D eigenvalue weighted by atomic mass is 10.1. The number of nitrogen functional groups attached to an aromatic ring is 1. The lowest BCUT2D eigenvalue weighted by Gasteiger charge is -2.22. The summed E-state index contributed by atoms with van der Waals surface area (Å²) >= 11 is 0. The number of anilines is 2. The number of aromatic nitrogens is 1. The summed E-state index contributed by atoms with van der Waals surface area (Å²) in [5.74, 6) is 0. The molecular weight excluding hydrogens is 198 g/mol. The molecule has 0 aliphatic rings. The van der Waals surface area contributed by atoms with E-state index in [1.54, 1.807) is 6.20 Å². The Morgan fingerprint density at radius 3 is 2.69 bits per heavy atom. The van der Waals surface area contributed by atoms with Gasteiger partial charge in [-0.25, -0.2) is 0 Å². The zero-order valence-corrected chi connectivity index (χ0v) is 9.77. The fourth-order valence-electron chi connectivity index (χ4n) is 1.98. The van der Waals surface area contributed by atoms with Gasteiger partial charge in [0, 0.05) is 18.5 Å². The first-order chi connectivity index (χ1) is 7.76. The molecule has 0 aliphatic heterocycles. The van der Waals surface area contributed by atoms with Gasteiger partial charge < -0.3 is 10.6 Å². The minimum atomic E-state index is 0.712. The molecule has 3 heteroatoms. The molecule has 1 heterocycles. The maximum Gasteiger partial charge on any atom is 0.0936 e. The van der Waals surface area contributed by atoms with E-state index in [4.69, 9.17) is 5.73 Å². The number of pyridine rings is 1. The van der Waals surface area contributed by atoms with Crippen LogP contribution in [0.4, 0.5) is 11.4 Å². The van der Waals surface area contributed by atoms with E-state index in [-0.39, 0.29) is 0 Å². The molecule has 0 aliphatic carbocycles. The highest BCUT2D eigenvalue weighted by atomic mass is 15.1. The van der Waals surface area contributed by atoms with Crippen LogP contribution in [0.15, 0.2) is 30.5 Å². The van der Waals surface area contributed by atoms with Crippen molar-refractivity contribution >= 4 is 22.3 Å². The van der Waals surface area contributed by atoms with Gasteiger partial charge in [0.1, 0.15) is 0 Å². The van der Waals surface area contributed by atoms with Crippen molar-refractivity contribution < 1.29 is 0 Å². The molecule has 0 bridgehead atoms. The van der Waals surface area contributed by atoms with Crippen molar-refractivity contribution in [1.82, 2.24) is 4.98 Å². The molecule has 0 atom stereocenters. The summed E-state index contributed by atoms with van der Waals surface area (Å²) in [6.07, 6.45) is 1.72. The van der Waals surface area contributed by atoms with E-state index in [0.717, 1.165) is 24.0 Å². The standard InChI is InChI=1S/C13H17N3/c1-3-16(4-2)12-7-5-6-10-8-11(14)9-15-13(10)12/h5-9H,3-4,14H2,1-2H3. The minimum absolute atomic E-state index is 0.712. The van der Waals surface area contributed by atoms with E-state index in [0.29, 0.717) is 5.69 Å². The zero-order chi connectivity index (χ0) is 11.5. The predicted molar refractivity (Wildman–Crippen MR) is 69.7 cm³/mol. The molecule has 0 saturated heterocycles. The van der Waals surface area contributed by atoms with Gasteiger partial charge in [-0.3, -0.25) is 4.98 Å². The van der Waals surface area contributed by atoms with Gasteiger partial charge in [0.25, 0.3) is 0 Å². The van der Waals surface area contributed by atoms with E-state index in [2.05, 4.69) is 35.9 Å². The van der Waals surface area contributed by atoms with Crippen molar-refractivity contribution in [2.24, 2.45) is 0 Å². The van der Waals surface area contributed by atoms with Crippen molar-refractivity contribution in [3.63, 3.8) is 0 Å². The number of nitrogens with zero attached hydrogens (tertiary/aromatic N) is 2. The number of para-hydroxylation sites is 1. The predicted octanol–water partition coefficient (Wildman–Crippen LogP) is 2.66. The highest BCUT2D eigenvalue weighted by molar-refractivity contribution is 5.92. The van der Waals surface area contributed by atoms with E-state index >= 15 is 0 Å². The van der Waals surface area contributed by atoms with Crippen LogP contribution >= 0.6 is 0 Å². The summed E-state index contributed by atoms with van der Waals surface area (Å²) in [5, 5.41) is 1.10. The molecule has 2 N–H and O–H groups in total. The molecule has 0 unspecified atom stereocenters. The molecule has 1 aromatic heterocycles. The van der Waals surface area contributed by atoms with Crippen LogP contribution in [0.2, 0.25) is 0 Å². The number of rotatable bonds is 3. The Kier molecular flexibility index (Phi) is 2.95. The molecule has 0 spiro atoms. The average Bonchev–Trinajstić information content (AvgIpc) is 2.30. The van der Waals surface area contributed by atoms with Crippen LogP contribution in [0.5, 0.6) is 0 Å². The van der Waals surface area contributed by atoms with Crippen LogP contribution < -0.4 is 10.6 Å². The molecule has 16 heavy (non-hydrogen) atoms. The van der Waals surface area contributed by atoms with Gasteiger partial charge in [0.15, 0.2) is 0 Å². The molecule has 84 valence electrons. The molecule has 2 rings (SSSR count). The van der Waals surface area contributed by atoms with Crippen LogP contribution in [-0.4, -0.2) is 18.1 Å². The van der Waals surface area contributed by atoms with Gasteiger partial charge >= 0.3 is 0 Å². The Bertz CT molecular complexity index is 490. The summed E-state index contributed by atoms with van der Waals surface area (Å²) in [6, 6.07) is 8.18. The van der Waals surface area contributed by atoms with Crippen molar-refractivity contribution in [2.45, 2.75) is 13.8 Å². The Morgan fingerprint density at radius 2 is 2.00 bits per heavy atom. The number of hydrogen-bond donors (Lipinski definition) is 1. The fourth-order valence-corrected chi connectivity index (χ4v) is 1.98. The Labute approximate surface area is 95.9 Å². The number of nitrogens with two attached hydrogens (primary N) is 1. The number of hydrogen-bond acceptors (Lipinski definition) is 3. The molecular formula is C13H17N3. The SMILES string of the molecule is CCN(CC)c1cccc2cc(N)cnc12. The molecule has 0 saturated carbocycles. The lowest BCUT2D eigenvalue weighted by Crippen LogP contribution is -2.22. The summed E-state index contributed by atoms with van der Waals surface area (Å²) in [7, 11) is 0. The van der Waals surface area contributed by atoms with Gasteiger partial charge in [0.2, 0.25) is 0 Å². The Hall–Kier alpha value is -1.77. The monoisotopic (exact) mass is 215 g/mol. The van der Waals surface area contributed by atoms with Gasteiger partial charge in [-0.15, -0.1) is 0 Å². The maximum absolute atomic E-state index is 5.74. The highest BCUT2D eigenvalue weighted by Gasteiger charge is 2.07. The zero-order valence-electron chi connectivity index (χ0n) is 9.77. The van der Waals surface area contributed by atoms with Crippen molar-refractivity contribution in [1.29, 1.82) is 0 Å². The molecule has 1 aromatic carbocycles. The maximum atomic E-state index is 5.74. The van der Waals surface area contributed by atoms with E-state index in [9.17, 15) is 0 Å². The normalized spacial score (nSPS) is 10.6. The summed E-state index contributed by atoms with van der Waals surface area (Å²) in [4.78, 5) is 6.73. The van der Waals surface area contributed by atoms with Crippen LogP contribution in [0.1, 0.15) is 13.8 Å². The van der Waals surface area contributed by atoms with Crippen LogP contribution in [-0.2, 0) is 0 Å². The first-order valence-electron chi connectivity index (χ1n) is 5.65. The topological polar surface area (TPSA) is 42.1 Å².